The highest BCUT2D eigenvalue weighted by atomic mass is 16.4. The number of carboxylic acids is 1. The van der Waals surface area contributed by atoms with Gasteiger partial charge in [0.15, 0.2) is 0 Å². The standard InChI is InChI=1S/C5H10N2O2/c1-3(4(8)9)5(2,6)7/h1,6-7H2,2H3,(H,8,9). The van der Waals surface area contributed by atoms with Gasteiger partial charge in [-0.05, 0) is 6.92 Å². The summed E-state index contributed by atoms with van der Waals surface area (Å²) < 4.78 is 0. The maximum Gasteiger partial charge on any atom is 0.334 e. The van der Waals surface area contributed by atoms with Gasteiger partial charge in [0.1, 0.15) is 0 Å². The lowest BCUT2D eigenvalue weighted by Gasteiger charge is -2.17. The number of rotatable bonds is 2. The molecule has 0 aromatic rings. The minimum atomic E-state index is -1.31. The minimum Gasteiger partial charge on any atom is -0.478 e. The zero-order valence-corrected chi connectivity index (χ0v) is 5.22. The van der Waals surface area contributed by atoms with E-state index in [2.05, 4.69) is 6.58 Å². The summed E-state index contributed by atoms with van der Waals surface area (Å²) in [6, 6.07) is 0. The molecule has 0 amide bonds. The Morgan fingerprint density at radius 1 is 1.67 bits per heavy atom. The Kier molecular flexibility index (Phi) is 1.95. The second kappa shape index (κ2) is 2.16. The van der Waals surface area contributed by atoms with Gasteiger partial charge in [-0.15, -0.1) is 0 Å². The van der Waals surface area contributed by atoms with Crippen molar-refractivity contribution in [1.29, 1.82) is 0 Å². The van der Waals surface area contributed by atoms with Crippen molar-refractivity contribution in [3.8, 4) is 0 Å². The molecule has 5 N–H and O–H groups in total. The maximum atomic E-state index is 10.1. The molecule has 52 valence electrons. The molecule has 4 heteroatoms. The van der Waals surface area contributed by atoms with E-state index >= 15 is 0 Å². The van der Waals surface area contributed by atoms with E-state index in [-0.39, 0.29) is 5.57 Å². The molecule has 0 aliphatic carbocycles. The van der Waals surface area contributed by atoms with Gasteiger partial charge in [-0.1, -0.05) is 6.58 Å². The number of nitrogens with two attached hydrogens (primary N) is 2. The number of carboxylic acid groups (broad SMARTS) is 1. The SMILES string of the molecule is C=C(C(=O)O)C(C)(N)N. The average molecular weight is 130 g/mol. The first-order valence-electron chi connectivity index (χ1n) is 2.36. The highest BCUT2D eigenvalue weighted by Gasteiger charge is 2.21. The van der Waals surface area contributed by atoms with E-state index in [1.807, 2.05) is 0 Å². The van der Waals surface area contributed by atoms with Crippen molar-refractivity contribution in [2.75, 3.05) is 0 Å². The van der Waals surface area contributed by atoms with Gasteiger partial charge in [0.2, 0.25) is 0 Å². The van der Waals surface area contributed by atoms with Crippen LogP contribution in [0.4, 0.5) is 0 Å². The Balaban J connectivity index is 4.23. The Bertz CT molecular complexity index is 146. The van der Waals surface area contributed by atoms with Crippen molar-refractivity contribution >= 4 is 5.97 Å². The van der Waals surface area contributed by atoms with Gasteiger partial charge in [-0.3, -0.25) is 0 Å². The van der Waals surface area contributed by atoms with E-state index in [0.717, 1.165) is 0 Å². The zero-order chi connectivity index (χ0) is 7.65. The second-order valence-corrected chi connectivity index (χ2v) is 2.07. The summed E-state index contributed by atoms with van der Waals surface area (Å²) in [7, 11) is 0. The summed E-state index contributed by atoms with van der Waals surface area (Å²) in [4.78, 5) is 10.1. The van der Waals surface area contributed by atoms with Crippen molar-refractivity contribution < 1.29 is 9.90 Å². The lowest BCUT2D eigenvalue weighted by molar-refractivity contribution is -0.133. The smallest absolute Gasteiger partial charge is 0.334 e. The fraction of sp³-hybridized carbons (Fsp3) is 0.400. The van der Waals surface area contributed by atoms with Crippen LogP contribution in [-0.4, -0.2) is 16.7 Å². The fourth-order valence-corrected chi connectivity index (χ4v) is 0.230. The summed E-state index contributed by atoms with van der Waals surface area (Å²) in [5.41, 5.74) is 8.85. The highest BCUT2D eigenvalue weighted by Crippen LogP contribution is 2.02. The summed E-state index contributed by atoms with van der Waals surface area (Å²) in [5, 5.41) is 8.26. The first-order valence-corrected chi connectivity index (χ1v) is 2.36. The molecule has 0 aromatic carbocycles. The van der Waals surface area contributed by atoms with Crippen LogP contribution in [0.3, 0.4) is 0 Å². The quantitative estimate of drug-likeness (QED) is 0.339. The summed E-state index contributed by atoms with van der Waals surface area (Å²) in [6.45, 7) is 4.55. The van der Waals surface area contributed by atoms with Crippen LogP contribution in [0.2, 0.25) is 0 Å². The van der Waals surface area contributed by atoms with Crippen LogP contribution in [0.5, 0.6) is 0 Å². The van der Waals surface area contributed by atoms with Gasteiger partial charge in [0.25, 0.3) is 0 Å². The van der Waals surface area contributed by atoms with Crippen molar-refractivity contribution in [2.45, 2.75) is 12.6 Å². The average Bonchev–Trinajstić information content (AvgIpc) is 1.62. The van der Waals surface area contributed by atoms with Crippen molar-refractivity contribution in [3.63, 3.8) is 0 Å². The predicted octanol–water partition coefficient (Wildman–Crippen LogP) is -0.739. The third-order valence-electron chi connectivity index (χ3n) is 0.908. The lowest BCUT2D eigenvalue weighted by Crippen LogP contribution is -2.49. The predicted molar refractivity (Wildman–Crippen MR) is 33.6 cm³/mol. The van der Waals surface area contributed by atoms with Gasteiger partial charge in [-0.25, -0.2) is 4.79 Å². The molecule has 0 radical (unpaired) electrons. The summed E-state index contributed by atoms with van der Waals surface area (Å²) in [5.74, 6) is -1.16. The lowest BCUT2D eigenvalue weighted by atomic mass is 10.1. The van der Waals surface area contributed by atoms with Gasteiger partial charge < -0.3 is 16.6 Å². The maximum absolute atomic E-state index is 10.1. The summed E-state index contributed by atoms with van der Waals surface area (Å²) in [6.07, 6.45) is 0. The Labute approximate surface area is 53.1 Å². The molecule has 0 unspecified atom stereocenters. The topological polar surface area (TPSA) is 89.3 Å². The van der Waals surface area contributed by atoms with E-state index in [1.165, 1.54) is 6.92 Å². The summed E-state index contributed by atoms with van der Waals surface area (Å²) >= 11 is 0. The van der Waals surface area contributed by atoms with Crippen LogP contribution in [0, 0.1) is 0 Å². The molecule has 0 aliphatic heterocycles. The molecule has 0 rings (SSSR count). The third kappa shape index (κ3) is 2.25. The van der Waals surface area contributed by atoms with E-state index in [4.69, 9.17) is 16.6 Å². The number of hydrogen-bond acceptors (Lipinski definition) is 3. The van der Waals surface area contributed by atoms with E-state index in [0.29, 0.717) is 0 Å². The largest absolute Gasteiger partial charge is 0.478 e. The van der Waals surface area contributed by atoms with E-state index in [9.17, 15) is 4.79 Å². The van der Waals surface area contributed by atoms with Gasteiger partial charge in [-0.2, -0.15) is 0 Å². The normalized spacial score (nSPS) is 11.0. The molecule has 0 spiro atoms. The molecule has 0 bridgehead atoms. The van der Waals surface area contributed by atoms with Crippen LogP contribution in [0.25, 0.3) is 0 Å². The van der Waals surface area contributed by atoms with Crippen LogP contribution >= 0.6 is 0 Å². The molecular weight excluding hydrogens is 120 g/mol. The van der Waals surface area contributed by atoms with Crippen LogP contribution < -0.4 is 11.5 Å². The number of hydrogen-bond donors (Lipinski definition) is 3. The van der Waals surface area contributed by atoms with Crippen LogP contribution in [0.1, 0.15) is 6.92 Å². The van der Waals surface area contributed by atoms with Crippen LogP contribution in [-0.2, 0) is 4.79 Å². The van der Waals surface area contributed by atoms with Gasteiger partial charge in [0.05, 0.1) is 11.2 Å². The van der Waals surface area contributed by atoms with E-state index in [1.54, 1.807) is 0 Å². The first-order chi connectivity index (χ1) is 3.85. The zero-order valence-electron chi connectivity index (χ0n) is 5.22. The molecule has 0 saturated heterocycles. The first kappa shape index (κ1) is 8.13. The molecule has 0 fully saturated rings. The Hall–Kier alpha value is -0.870. The fourth-order valence-electron chi connectivity index (χ4n) is 0.230. The Morgan fingerprint density at radius 3 is 2.00 bits per heavy atom. The molecule has 0 saturated carbocycles. The third-order valence-corrected chi connectivity index (χ3v) is 0.908. The Morgan fingerprint density at radius 2 is 2.00 bits per heavy atom. The molecule has 0 aliphatic rings. The minimum absolute atomic E-state index is 0.192. The number of aliphatic carboxylic acids is 1. The molecule has 9 heavy (non-hydrogen) atoms. The van der Waals surface area contributed by atoms with Gasteiger partial charge in [0, 0.05) is 0 Å². The highest BCUT2D eigenvalue weighted by molar-refractivity contribution is 5.88. The molecule has 0 atom stereocenters. The molecular formula is C5H10N2O2. The van der Waals surface area contributed by atoms with Crippen molar-refractivity contribution in [1.82, 2.24) is 0 Å². The molecule has 0 heterocycles. The van der Waals surface area contributed by atoms with Crippen LogP contribution in [0.15, 0.2) is 12.2 Å². The van der Waals surface area contributed by atoms with E-state index < -0.39 is 11.6 Å². The molecule has 0 aromatic heterocycles. The monoisotopic (exact) mass is 130 g/mol. The molecule has 4 nitrogen and oxygen atoms in total. The second-order valence-electron chi connectivity index (χ2n) is 2.07. The van der Waals surface area contributed by atoms with Gasteiger partial charge >= 0.3 is 5.97 Å². The number of carbonyl (C=O) groups is 1. The van der Waals surface area contributed by atoms with Crippen molar-refractivity contribution in [2.24, 2.45) is 11.5 Å². The van der Waals surface area contributed by atoms with Crippen molar-refractivity contribution in [3.05, 3.63) is 12.2 Å².